The first-order valence-corrected chi connectivity index (χ1v) is 8.26. The lowest BCUT2D eigenvalue weighted by atomic mass is 9.76. The number of rotatable bonds is 6. The second kappa shape index (κ2) is 6.39. The van der Waals surface area contributed by atoms with Crippen molar-refractivity contribution in [3.63, 3.8) is 0 Å². The van der Waals surface area contributed by atoms with Gasteiger partial charge in [-0.25, -0.2) is 4.79 Å². The Bertz CT molecular complexity index is 541. The molecule has 1 aliphatic heterocycles. The van der Waals surface area contributed by atoms with Crippen LogP contribution < -0.4 is 0 Å². The lowest BCUT2D eigenvalue weighted by Crippen LogP contribution is -2.45. The maximum absolute atomic E-state index is 11.3. The number of carboxylic acids is 1. The van der Waals surface area contributed by atoms with Crippen molar-refractivity contribution in [3.05, 3.63) is 35.4 Å². The highest BCUT2D eigenvalue weighted by atomic mass is 16.4. The summed E-state index contributed by atoms with van der Waals surface area (Å²) in [6.07, 6.45) is 5.92. The van der Waals surface area contributed by atoms with Crippen molar-refractivity contribution in [2.75, 3.05) is 19.7 Å². The van der Waals surface area contributed by atoms with Gasteiger partial charge in [0.15, 0.2) is 0 Å². The Labute approximate surface area is 131 Å². The molecule has 0 spiro atoms. The number of aromatic carboxylic acids is 1. The molecular formula is C18H25NO3. The first-order valence-electron chi connectivity index (χ1n) is 8.26. The third-order valence-corrected chi connectivity index (χ3v) is 5.14. The molecule has 1 saturated heterocycles. The molecule has 0 bridgehead atoms. The van der Waals surface area contributed by atoms with Crippen LogP contribution in [0.4, 0.5) is 0 Å². The predicted octanol–water partition coefficient (Wildman–Crippen LogP) is 2.76. The number of piperidine rings is 1. The monoisotopic (exact) mass is 303 g/mol. The second-order valence-electron chi connectivity index (χ2n) is 7.08. The molecule has 1 unspecified atom stereocenters. The summed E-state index contributed by atoms with van der Waals surface area (Å²) in [4.78, 5) is 13.7. The SMILES string of the molecule is O=C(O)c1ccccc1CN1CCCC(CO)(CC2CC2)C1. The molecule has 0 aromatic heterocycles. The van der Waals surface area contributed by atoms with Gasteiger partial charge in [0.05, 0.1) is 5.56 Å². The smallest absolute Gasteiger partial charge is 0.336 e. The zero-order valence-electron chi connectivity index (χ0n) is 13.0. The molecule has 22 heavy (non-hydrogen) atoms. The Hall–Kier alpha value is -1.39. The minimum atomic E-state index is -0.862. The first-order chi connectivity index (χ1) is 10.6. The molecule has 2 aliphatic rings. The molecule has 1 aromatic carbocycles. The minimum absolute atomic E-state index is 0.0254. The minimum Gasteiger partial charge on any atom is -0.478 e. The van der Waals surface area contributed by atoms with Crippen molar-refractivity contribution in [2.24, 2.45) is 11.3 Å². The molecule has 1 saturated carbocycles. The number of likely N-dealkylation sites (tertiary alicyclic amines) is 1. The Kier molecular flexibility index (Phi) is 4.50. The van der Waals surface area contributed by atoms with Gasteiger partial charge in [-0.05, 0) is 43.4 Å². The van der Waals surface area contributed by atoms with Gasteiger partial charge in [-0.15, -0.1) is 0 Å². The molecule has 120 valence electrons. The van der Waals surface area contributed by atoms with Crippen LogP contribution in [0, 0.1) is 11.3 Å². The molecule has 3 rings (SSSR count). The number of nitrogens with zero attached hydrogens (tertiary/aromatic N) is 1. The van der Waals surface area contributed by atoms with Crippen LogP contribution in [0.25, 0.3) is 0 Å². The van der Waals surface area contributed by atoms with Crippen LogP contribution in [-0.4, -0.2) is 40.8 Å². The van der Waals surface area contributed by atoms with Gasteiger partial charge < -0.3 is 10.2 Å². The molecule has 2 N–H and O–H groups in total. The van der Waals surface area contributed by atoms with Crippen LogP contribution in [0.1, 0.15) is 48.0 Å². The summed E-state index contributed by atoms with van der Waals surface area (Å²) in [6.45, 7) is 2.78. The number of hydrogen-bond donors (Lipinski definition) is 2. The molecule has 2 fully saturated rings. The van der Waals surface area contributed by atoms with Crippen molar-refractivity contribution in [1.29, 1.82) is 0 Å². The van der Waals surface area contributed by atoms with Crippen LogP contribution in [0.15, 0.2) is 24.3 Å². The maximum atomic E-state index is 11.3. The van der Waals surface area contributed by atoms with Crippen molar-refractivity contribution in [2.45, 2.75) is 38.6 Å². The molecule has 0 radical (unpaired) electrons. The summed E-state index contributed by atoms with van der Waals surface area (Å²) in [5.41, 5.74) is 1.29. The van der Waals surface area contributed by atoms with Crippen molar-refractivity contribution < 1.29 is 15.0 Å². The van der Waals surface area contributed by atoms with E-state index in [0.717, 1.165) is 43.8 Å². The molecule has 1 aliphatic carbocycles. The molecule has 0 amide bonds. The number of aliphatic hydroxyl groups excluding tert-OH is 1. The van der Waals surface area contributed by atoms with Gasteiger partial charge >= 0.3 is 5.97 Å². The van der Waals surface area contributed by atoms with Crippen molar-refractivity contribution in [1.82, 2.24) is 4.90 Å². The third kappa shape index (κ3) is 3.50. The Balaban J connectivity index is 1.71. The van der Waals surface area contributed by atoms with E-state index < -0.39 is 5.97 Å². The van der Waals surface area contributed by atoms with Crippen LogP contribution in [-0.2, 0) is 6.54 Å². The van der Waals surface area contributed by atoms with E-state index in [1.807, 2.05) is 12.1 Å². The second-order valence-corrected chi connectivity index (χ2v) is 7.08. The van der Waals surface area contributed by atoms with Crippen molar-refractivity contribution in [3.8, 4) is 0 Å². The van der Waals surface area contributed by atoms with Gasteiger partial charge in [-0.2, -0.15) is 0 Å². The number of carbonyl (C=O) groups is 1. The average Bonchev–Trinajstić information content (AvgIpc) is 3.32. The molecular weight excluding hydrogens is 278 g/mol. The molecule has 4 nitrogen and oxygen atoms in total. The molecule has 1 heterocycles. The normalized spacial score (nSPS) is 26.0. The topological polar surface area (TPSA) is 60.8 Å². The summed E-state index contributed by atoms with van der Waals surface area (Å²) in [7, 11) is 0. The van der Waals surface area contributed by atoms with Gasteiger partial charge in [0.2, 0.25) is 0 Å². The predicted molar refractivity (Wildman–Crippen MR) is 84.8 cm³/mol. The summed E-state index contributed by atoms with van der Waals surface area (Å²) in [6, 6.07) is 7.24. The van der Waals surface area contributed by atoms with Gasteiger partial charge in [0.1, 0.15) is 0 Å². The molecule has 1 aromatic rings. The fraction of sp³-hybridized carbons (Fsp3) is 0.611. The van der Waals surface area contributed by atoms with E-state index in [1.54, 1.807) is 12.1 Å². The summed E-state index contributed by atoms with van der Waals surface area (Å²) >= 11 is 0. The standard InChI is InChI=1S/C18H25NO3/c20-13-18(10-14-6-7-14)8-3-9-19(12-18)11-15-4-1-2-5-16(15)17(21)22/h1-2,4-5,14,20H,3,6-13H2,(H,21,22). The largest absolute Gasteiger partial charge is 0.478 e. The zero-order chi connectivity index (χ0) is 15.6. The van der Waals surface area contributed by atoms with Crippen LogP contribution >= 0.6 is 0 Å². The number of benzene rings is 1. The van der Waals surface area contributed by atoms with Crippen LogP contribution in [0.2, 0.25) is 0 Å². The van der Waals surface area contributed by atoms with E-state index in [-0.39, 0.29) is 12.0 Å². The van der Waals surface area contributed by atoms with E-state index in [2.05, 4.69) is 4.90 Å². The lowest BCUT2D eigenvalue weighted by molar-refractivity contribution is 0.0178. The van der Waals surface area contributed by atoms with E-state index in [4.69, 9.17) is 0 Å². The third-order valence-electron chi connectivity index (χ3n) is 5.14. The Morgan fingerprint density at radius 2 is 2.09 bits per heavy atom. The summed E-state index contributed by atoms with van der Waals surface area (Å²) in [5, 5.41) is 19.2. The van der Waals surface area contributed by atoms with Gasteiger partial charge in [0, 0.05) is 25.1 Å². The maximum Gasteiger partial charge on any atom is 0.336 e. The van der Waals surface area contributed by atoms with Gasteiger partial charge in [-0.3, -0.25) is 4.90 Å². The van der Waals surface area contributed by atoms with E-state index in [9.17, 15) is 15.0 Å². The number of hydrogen-bond acceptors (Lipinski definition) is 3. The van der Waals surface area contributed by atoms with E-state index in [1.165, 1.54) is 12.8 Å². The first kappa shape index (κ1) is 15.5. The van der Waals surface area contributed by atoms with Crippen molar-refractivity contribution >= 4 is 5.97 Å². The highest BCUT2D eigenvalue weighted by Gasteiger charge is 2.39. The van der Waals surface area contributed by atoms with Crippen LogP contribution in [0.5, 0.6) is 0 Å². The van der Waals surface area contributed by atoms with Gasteiger partial charge in [-0.1, -0.05) is 31.0 Å². The highest BCUT2D eigenvalue weighted by Crippen LogP contribution is 2.44. The highest BCUT2D eigenvalue weighted by molar-refractivity contribution is 5.89. The number of carboxylic acid groups (broad SMARTS) is 1. The van der Waals surface area contributed by atoms with E-state index in [0.29, 0.717) is 12.1 Å². The lowest BCUT2D eigenvalue weighted by Gasteiger charge is -2.42. The van der Waals surface area contributed by atoms with Gasteiger partial charge in [0.25, 0.3) is 0 Å². The fourth-order valence-electron chi connectivity index (χ4n) is 3.85. The molecule has 1 atom stereocenters. The number of aliphatic hydroxyl groups is 1. The zero-order valence-corrected chi connectivity index (χ0v) is 13.0. The Morgan fingerprint density at radius 1 is 1.32 bits per heavy atom. The summed E-state index contributed by atoms with van der Waals surface area (Å²) in [5.74, 6) is -0.0579. The Morgan fingerprint density at radius 3 is 2.77 bits per heavy atom. The fourth-order valence-corrected chi connectivity index (χ4v) is 3.85. The average molecular weight is 303 g/mol. The van der Waals surface area contributed by atoms with E-state index >= 15 is 0 Å². The molecule has 4 heteroatoms. The summed E-state index contributed by atoms with van der Waals surface area (Å²) < 4.78 is 0. The quantitative estimate of drug-likeness (QED) is 0.848. The van der Waals surface area contributed by atoms with Crippen LogP contribution in [0.3, 0.4) is 0 Å².